The first-order chi connectivity index (χ1) is 12.6. The van der Waals surface area contributed by atoms with E-state index in [4.69, 9.17) is 25.8 Å². The number of nitrogens with zero attached hydrogens (tertiary/aromatic N) is 1. The number of aromatic nitrogens is 1. The highest BCUT2D eigenvalue weighted by molar-refractivity contribution is 6.29. The zero-order chi connectivity index (χ0) is 18.1. The van der Waals surface area contributed by atoms with E-state index in [1.54, 1.807) is 30.3 Å². The highest BCUT2D eigenvalue weighted by Gasteiger charge is 2.18. The predicted octanol–water partition coefficient (Wildman–Crippen LogP) is 4.25. The molecule has 0 aliphatic carbocycles. The van der Waals surface area contributed by atoms with E-state index in [9.17, 15) is 9.18 Å². The lowest BCUT2D eigenvalue weighted by Crippen LogP contribution is -2.15. The van der Waals surface area contributed by atoms with Gasteiger partial charge in [-0.15, -0.1) is 0 Å². The molecule has 0 atom stereocenters. The van der Waals surface area contributed by atoms with Crippen LogP contribution in [-0.2, 0) is 22.7 Å². The Morgan fingerprint density at radius 1 is 1.23 bits per heavy atom. The molecule has 0 radical (unpaired) electrons. The predicted molar refractivity (Wildman–Crippen MR) is 92.6 cm³/mol. The first kappa shape index (κ1) is 16.8. The van der Waals surface area contributed by atoms with Crippen LogP contribution in [0.2, 0.25) is 5.15 Å². The summed E-state index contributed by atoms with van der Waals surface area (Å²) < 4.78 is 29.6. The van der Waals surface area contributed by atoms with Crippen molar-refractivity contribution in [1.29, 1.82) is 0 Å². The van der Waals surface area contributed by atoms with Gasteiger partial charge in [-0.05, 0) is 42.5 Å². The number of pyridine rings is 1. The molecule has 0 saturated carbocycles. The molecule has 0 spiro atoms. The zero-order valence-corrected chi connectivity index (χ0v) is 14.3. The molecule has 132 valence electrons. The minimum Gasteiger partial charge on any atom is -0.467 e. The summed E-state index contributed by atoms with van der Waals surface area (Å²) in [5.41, 5.74) is 2.11. The van der Waals surface area contributed by atoms with Gasteiger partial charge in [0.2, 0.25) is 0 Å². The van der Waals surface area contributed by atoms with Crippen LogP contribution in [0.3, 0.4) is 0 Å². The molecule has 3 aromatic rings. The second-order valence-corrected chi connectivity index (χ2v) is 6.17. The standard InChI is InChI=1S/C19H13ClFNO4/c20-17-4-2-11-5-12(1-3-16(11)22-17)19(23)25-9-14-7-15(21)6-13-8-24-10-26-18(13)14/h1-7H,8-10H2. The minimum atomic E-state index is -0.521. The van der Waals surface area contributed by atoms with Gasteiger partial charge in [0, 0.05) is 16.5 Å². The summed E-state index contributed by atoms with van der Waals surface area (Å²) in [6, 6.07) is 11.1. The number of benzene rings is 2. The van der Waals surface area contributed by atoms with Gasteiger partial charge in [0.05, 0.1) is 17.7 Å². The molecule has 2 aromatic carbocycles. The van der Waals surface area contributed by atoms with E-state index in [2.05, 4.69) is 4.98 Å². The van der Waals surface area contributed by atoms with Gasteiger partial charge in [0.25, 0.3) is 0 Å². The van der Waals surface area contributed by atoms with Crippen molar-refractivity contribution in [3.8, 4) is 5.75 Å². The van der Waals surface area contributed by atoms with E-state index in [0.717, 1.165) is 5.39 Å². The van der Waals surface area contributed by atoms with Crippen molar-refractivity contribution in [2.24, 2.45) is 0 Å². The molecule has 5 nitrogen and oxygen atoms in total. The summed E-state index contributed by atoms with van der Waals surface area (Å²) in [5.74, 6) is -0.452. The quantitative estimate of drug-likeness (QED) is 0.507. The van der Waals surface area contributed by atoms with Crippen LogP contribution in [0.25, 0.3) is 10.9 Å². The normalized spacial score (nSPS) is 13.2. The third-order valence-electron chi connectivity index (χ3n) is 4.00. The number of esters is 1. The van der Waals surface area contributed by atoms with Crippen molar-refractivity contribution >= 4 is 28.5 Å². The molecular formula is C19H13ClFNO4. The number of ether oxygens (including phenoxy) is 3. The highest BCUT2D eigenvalue weighted by Crippen LogP contribution is 2.30. The summed E-state index contributed by atoms with van der Waals surface area (Å²) in [7, 11) is 0. The molecule has 2 heterocycles. The average Bonchev–Trinajstić information content (AvgIpc) is 2.65. The molecule has 0 unspecified atom stereocenters. The fourth-order valence-electron chi connectivity index (χ4n) is 2.82. The Kier molecular flexibility index (Phi) is 4.44. The molecule has 0 amide bonds. The van der Waals surface area contributed by atoms with E-state index in [-0.39, 0.29) is 20.0 Å². The molecule has 4 rings (SSSR count). The molecule has 1 aliphatic heterocycles. The Hall–Kier alpha value is -2.70. The molecule has 0 saturated heterocycles. The third kappa shape index (κ3) is 3.34. The van der Waals surface area contributed by atoms with Crippen LogP contribution in [0.1, 0.15) is 21.5 Å². The maximum atomic E-state index is 13.7. The van der Waals surface area contributed by atoms with E-state index in [0.29, 0.717) is 33.1 Å². The van der Waals surface area contributed by atoms with Crippen LogP contribution in [-0.4, -0.2) is 17.7 Å². The van der Waals surface area contributed by atoms with Gasteiger partial charge in [0.1, 0.15) is 23.3 Å². The molecular weight excluding hydrogens is 361 g/mol. The number of carbonyl (C=O) groups excluding carboxylic acids is 1. The number of hydrogen-bond donors (Lipinski definition) is 0. The smallest absolute Gasteiger partial charge is 0.338 e. The monoisotopic (exact) mass is 373 g/mol. The zero-order valence-electron chi connectivity index (χ0n) is 13.5. The van der Waals surface area contributed by atoms with E-state index in [1.807, 2.05) is 0 Å². The second-order valence-electron chi connectivity index (χ2n) is 5.78. The van der Waals surface area contributed by atoms with Crippen molar-refractivity contribution in [2.45, 2.75) is 13.2 Å². The Morgan fingerprint density at radius 2 is 2.12 bits per heavy atom. The van der Waals surface area contributed by atoms with Crippen LogP contribution in [0.15, 0.2) is 42.5 Å². The first-order valence-corrected chi connectivity index (χ1v) is 8.23. The van der Waals surface area contributed by atoms with Crippen molar-refractivity contribution in [3.63, 3.8) is 0 Å². The van der Waals surface area contributed by atoms with Gasteiger partial charge in [0.15, 0.2) is 6.79 Å². The summed E-state index contributed by atoms with van der Waals surface area (Å²) in [5, 5.41) is 1.15. The van der Waals surface area contributed by atoms with Crippen molar-refractivity contribution in [2.75, 3.05) is 6.79 Å². The molecule has 0 N–H and O–H groups in total. The number of hydrogen-bond acceptors (Lipinski definition) is 5. The fraction of sp³-hybridized carbons (Fsp3) is 0.158. The van der Waals surface area contributed by atoms with Gasteiger partial charge >= 0.3 is 5.97 Å². The van der Waals surface area contributed by atoms with E-state index >= 15 is 0 Å². The van der Waals surface area contributed by atoms with Crippen molar-refractivity contribution < 1.29 is 23.4 Å². The van der Waals surface area contributed by atoms with E-state index < -0.39 is 11.8 Å². The lowest BCUT2D eigenvalue weighted by molar-refractivity contribution is -0.0182. The van der Waals surface area contributed by atoms with Gasteiger partial charge in [-0.3, -0.25) is 0 Å². The highest BCUT2D eigenvalue weighted by atomic mass is 35.5. The van der Waals surface area contributed by atoms with E-state index in [1.165, 1.54) is 12.1 Å². The topological polar surface area (TPSA) is 57.7 Å². The van der Waals surface area contributed by atoms with Crippen LogP contribution in [0.4, 0.5) is 4.39 Å². The Balaban J connectivity index is 1.54. The van der Waals surface area contributed by atoms with Crippen molar-refractivity contribution in [1.82, 2.24) is 4.98 Å². The summed E-state index contributed by atoms with van der Waals surface area (Å²) in [6.45, 7) is 0.240. The Labute approximate surface area is 153 Å². The Morgan fingerprint density at radius 3 is 3.00 bits per heavy atom. The van der Waals surface area contributed by atoms with Crippen molar-refractivity contribution in [3.05, 3.63) is 70.1 Å². The molecule has 7 heteroatoms. The summed E-state index contributed by atoms with van der Waals surface area (Å²) in [6.07, 6.45) is 0. The average molecular weight is 374 g/mol. The van der Waals surface area contributed by atoms with Crippen LogP contribution in [0.5, 0.6) is 5.75 Å². The molecule has 0 bridgehead atoms. The third-order valence-corrected chi connectivity index (χ3v) is 4.21. The lowest BCUT2D eigenvalue weighted by Gasteiger charge is -2.20. The Bertz CT molecular complexity index is 1010. The first-order valence-electron chi connectivity index (χ1n) is 7.85. The molecule has 26 heavy (non-hydrogen) atoms. The van der Waals surface area contributed by atoms with Gasteiger partial charge in [-0.1, -0.05) is 11.6 Å². The minimum absolute atomic E-state index is 0.0831. The lowest BCUT2D eigenvalue weighted by atomic mass is 10.1. The van der Waals surface area contributed by atoms with Crippen LogP contribution < -0.4 is 4.74 Å². The fourth-order valence-corrected chi connectivity index (χ4v) is 2.97. The largest absolute Gasteiger partial charge is 0.467 e. The molecule has 1 aromatic heterocycles. The number of halogens is 2. The second kappa shape index (κ2) is 6.90. The van der Waals surface area contributed by atoms with Gasteiger partial charge in [-0.2, -0.15) is 0 Å². The number of fused-ring (bicyclic) bond motifs is 2. The van der Waals surface area contributed by atoms with Crippen LogP contribution in [0, 0.1) is 5.82 Å². The van der Waals surface area contributed by atoms with Crippen LogP contribution >= 0.6 is 11.6 Å². The van der Waals surface area contributed by atoms with Gasteiger partial charge < -0.3 is 14.2 Å². The maximum absolute atomic E-state index is 13.7. The van der Waals surface area contributed by atoms with Gasteiger partial charge in [-0.25, -0.2) is 14.2 Å². The summed E-state index contributed by atoms with van der Waals surface area (Å²) in [4.78, 5) is 16.5. The molecule has 0 fully saturated rings. The maximum Gasteiger partial charge on any atom is 0.338 e. The SMILES string of the molecule is O=C(OCc1cc(F)cc2c1OCOC2)c1ccc2nc(Cl)ccc2c1. The molecule has 1 aliphatic rings. The number of rotatable bonds is 3. The number of carbonyl (C=O) groups is 1. The summed E-state index contributed by atoms with van der Waals surface area (Å²) >= 11 is 5.86.